The van der Waals surface area contributed by atoms with E-state index >= 15 is 0 Å². The van der Waals surface area contributed by atoms with Crippen LogP contribution >= 0.6 is 15.9 Å². The van der Waals surface area contributed by atoms with E-state index in [1.54, 1.807) is 0 Å². The summed E-state index contributed by atoms with van der Waals surface area (Å²) in [6.07, 6.45) is 2.33. The Balaban J connectivity index is 2.88. The molecule has 1 N–H and O–H groups in total. The Morgan fingerprint density at radius 2 is 2.06 bits per heavy atom. The summed E-state index contributed by atoms with van der Waals surface area (Å²) in [4.78, 5) is 2.37. The summed E-state index contributed by atoms with van der Waals surface area (Å²) in [6, 6.07) is 7.12. The van der Waals surface area contributed by atoms with Gasteiger partial charge in [0.05, 0.1) is 0 Å². The van der Waals surface area contributed by atoms with Crippen molar-refractivity contribution in [1.82, 2.24) is 5.32 Å². The zero-order valence-corrected chi connectivity index (χ0v) is 13.5. The minimum absolute atomic E-state index is 0.566. The quantitative estimate of drug-likeness (QED) is 0.760. The van der Waals surface area contributed by atoms with Crippen molar-refractivity contribution in [3.8, 4) is 0 Å². The fourth-order valence-electron chi connectivity index (χ4n) is 1.95. The predicted octanol–water partition coefficient (Wildman–Crippen LogP) is 4.18. The summed E-state index contributed by atoms with van der Waals surface area (Å²) in [5.41, 5.74) is 2.69. The summed E-state index contributed by atoms with van der Waals surface area (Å²) in [6.45, 7) is 8.70. The van der Waals surface area contributed by atoms with Gasteiger partial charge < -0.3 is 10.2 Å². The molecule has 1 aromatic rings. The average Bonchev–Trinajstić information content (AvgIpc) is 2.37. The number of benzene rings is 1. The second-order valence-electron chi connectivity index (χ2n) is 4.82. The number of halogens is 1. The normalized spacial score (nSPS) is 12.5. The number of nitrogens with one attached hydrogen (secondary N) is 1. The van der Waals surface area contributed by atoms with Crippen molar-refractivity contribution in [1.29, 1.82) is 0 Å². The van der Waals surface area contributed by atoms with Crippen LogP contribution in [0.15, 0.2) is 22.7 Å². The summed E-state index contributed by atoms with van der Waals surface area (Å²) >= 11 is 3.56. The third kappa shape index (κ3) is 4.29. The van der Waals surface area contributed by atoms with Crippen LogP contribution in [0, 0.1) is 0 Å². The molecule has 0 spiro atoms. The summed E-state index contributed by atoms with van der Waals surface area (Å²) in [5.74, 6) is 0. The van der Waals surface area contributed by atoms with Gasteiger partial charge in [0.25, 0.3) is 0 Å². The van der Waals surface area contributed by atoms with Crippen LogP contribution < -0.4 is 10.2 Å². The van der Waals surface area contributed by atoms with Crippen molar-refractivity contribution in [2.75, 3.05) is 18.5 Å². The minimum atomic E-state index is 0.566. The molecule has 0 aliphatic carbocycles. The van der Waals surface area contributed by atoms with Crippen molar-refractivity contribution < 1.29 is 0 Å². The van der Waals surface area contributed by atoms with Gasteiger partial charge in [0, 0.05) is 29.8 Å². The smallest absolute Gasteiger partial charge is 0.0412 e. The number of rotatable bonds is 7. The Morgan fingerprint density at radius 1 is 1.33 bits per heavy atom. The van der Waals surface area contributed by atoms with E-state index in [9.17, 15) is 0 Å². The molecule has 102 valence electrons. The van der Waals surface area contributed by atoms with Crippen molar-refractivity contribution in [3.63, 3.8) is 0 Å². The summed E-state index contributed by atoms with van der Waals surface area (Å²) in [7, 11) is 2.18. The molecule has 1 atom stereocenters. The molecule has 0 heterocycles. The number of nitrogens with zero attached hydrogens (tertiary/aromatic N) is 1. The van der Waals surface area contributed by atoms with Crippen molar-refractivity contribution in [2.24, 2.45) is 0 Å². The van der Waals surface area contributed by atoms with E-state index in [1.807, 2.05) is 0 Å². The molecule has 0 saturated carbocycles. The van der Waals surface area contributed by atoms with Gasteiger partial charge in [0.1, 0.15) is 0 Å². The largest absolute Gasteiger partial charge is 0.372 e. The van der Waals surface area contributed by atoms with Crippen LogP contribution in [0.2, 0.25) is 0 Å². The number of hydrogen-bond acceptors (Lipinski definition) is 2. The van der Waals surface area contributed by atoms with Crippen LogP contribution in [-0.2, 0) is 6.54 Å². The maximum Gasteiger partial charge on any atom is 0.0412 e. The van der Waals surface area contributed by atoms with Crippen molar-refractivity contribution >= 4 is 21.6 Å². The zero-order chi connectivity index (χ0) is 13.5. The second-order valence-corrected chi connectivity index (χ2v) is 5.73. The monoisotopic (exact) mass is 312 g/mol. The lowest BCUT2D eigenvalue weighted by atomic mass is 10.1. The molecule has 3 heteroatoms. The number of hydrogen-bond donors (Lipinski definition) is 1. The Hall–Kier alpha value is -0.540. The van der Waals surface area contributed by atoms with Crippen LogP contribution in [0.1, 0.15) is 39.2 Å². The van der Waals surface area contributed by atoms with Gasteiger partial charge in [-0.2, -0.15) is 0 Å². The van der Waals surface area contributed by atoms with E-state index in [0.29, 0.717) is 6.04 Å². The van der Waals surface area contributed by atoms with Gasteiger partial charge >= 0.3 is 0 Å². The Kier molecular flexibility index (Phi) is 6.72. The van der Waals surface area contributed by atoms with E-state index in [0.717, 1.165) is 24.0 Å². The molecule has 0 amide bonds. The maximum absolute atomic E-state index is 3.56. The molecule has 0 aromatic heterocycles. The molecular formula is C15H25BrN2. The van der Waals surface area contributed by atoms with Gasteiger partial charge in [-0.3, -0.25) is 0 Å². The zero-order valence-electron chi connectivity index (χ0n) is 12.0. The van der Waals surface area contributed by atoms with Gasteiger partial charge in [0.2, 0.25) is 0 Å². The molecule has 1 aromatic carbocycles. The van der Waals surface area contributed by atoms with Crippen molar-refractivity contribution in [2.45, 2.75) is 46.2 Å². The van der Waals surface area contributed by atoms with E-state index in [4.69, 9.17) is 0 Å². The fourth-order valence-corrected chi connectivity index (χ4v) is 2.36. The van der Waals surface area contributed by atoms with E-state index in [2.05, 4.69) is 72.2 Å². The molecule has 0 aliphatic heterocycles. The van der Waals surface area contributed by atoms with E-state index < -0.39 is 0 Å². The third-order valence-electron chi connectivity index (χ3n) is 3.42. The fraction of sp³-hybridized carbons (Fsp3) is 0.600. The minimum Gasteiger partial charge on any atom is -0.372 e. The Morgan fingerprint density at radius 3 is 2.67 bits per heavy atom. The van der Waals surface area contributed by atoms with Gasteiger partial charge in [-0.1, -0.05) is 29.8 Å². The highest BCUT2D eigenvalue weighted by Gasteiger charge is 2.12. The van der Waals surface area contributed by atoms with Gasteiger partial charge in [-0.05, 0) is 50.1 Å². The van der Waals surface area contributed by atoms with Crippen LogP contribution in [-0.4, -0.2) is 19.6 Å². The first-order valence-electron chi connectivity index (χ1n) is 6.82. The molecule has 0 aliphatic rings. The van der Waals surface area contributed by atoms with Gasteiger partial charge in [-0.15, -0.1) is 0 Å². The Bertz CT molecular complexity index is 366. The Labute approximate surface area is 120 Å². The second kappa shape index (κ2) is 7.80. The molecule has 0 bridgehead atoms. The van der Waals surface area contributed by atoms with Gasteiger partial charge in [0.15, 0.2) is 0 Å². The van der Waals surface area contributed by atoms with Crippen LogP contribution in [0.25, 0.3) is 0 Å². The lowest BCUT2D eigenvalue weighted by molar-refractivity contribution is 0.647. The molecule has 18 heavy (non-hydrogen) atoms. The highest BCUT2D eigenvalue weighted by atomic mass is 79.9. The first-order chi connectivity index (χ1) is 8.60. The molecule has 1 unspecified atom stereocenters. The van der Waals surface area contributed by atoms with Crippen LogP contribution in [0.4, 0.5) is 5.69 Å². The van der Waals surface area contributed by atoms with Gasteiger partial charge in [-0.25, -0.2) is 0 Å². The lowest BCUT2D eigenvalue weighted by Gasteiger charge is -2.28. The SMILES string of the molecule is CCCNCc1cc(Br)ccc1N(C)C(C)CC. The average molecular weight is 313 g/mol. The maximum atomic E-state index is 3.56. The predicted molar refractivity (Wildman–Crippen MR) is 84.3 cm³/mol. The highest BCUT2D eigenvalue weighted by Crippen LogP contribution is 2.25. The van der Waals surface area contributed by atoms with Crippen LogP contribution in [0.3, 0.4) is 0 Å². The van der Waals surface area contributed by atoms with Crippen LogP contribution in [0.5, 0.6) is 0 Å². The van der Waals surface area contributed by atoms with E-state index in [1.165, 1.54) is 17.7 Å². The summed E-state index contributed by atoms with van der Waals surface area (Å²) < 4.78 is 1.15. The first kappa shape index (κ1) is 15.5. The van der Waals surface area contributed by atoms with Crippen molar-refractivity contribution in [3.05, 3.63) is 28.2 Å². The highest BCUT2D eigenvalue weighted by molar-refractivity contribution is 9.10. The number of anilines is 1. The molecule has 0 radical (unpaired) electrons. The lowest BCUT2D eigenvalue weighted by Crippen LogP contribution is -2.29. The molecule has 1 rings (SSSR count). The summed E-state index contributed by atoms with van der Waals surface area (Å²) in [5, 5.41) is 3.48. The molecule has 2 nitrogen and oxygen atoms in total. The standard InChI is InChI=1S/C15H25BrN2/c1-5-9-17-11-13-10-14(16)7-8-15(13)18(4)12(3)6-2/h7-8,10,12,17H,5-6,9,11H2,1-4H3. The first-order valence-corrected chi connectivity index (χ1v) is 7.61. The van der Waals surface area contributed by atoms with E-state index in [-0.39, 0.29) is 0 Å². The third-order valence-corrected chi connectivity index (χ3v) is 3.91. The molecule has 0 fully saturated rings. The molecular weight excluding hydrogens is 288 g/mol. The topological polar surface area (TPSA) is 15.3 Å². The molecule has 0 saturated heterocycles.